The Bertz CT molecular complexity index is 1840. The zero-order valence-corrected chi connectivity index (χ0v) is 23.7. The van der Waals surface area contributed by atoms with Crippen LogP contribution in [0.3, 0.4) is 0 Å². The Morgan fingerprint density at radius 2 is 1.77 bits per heavy atom. The average Bonchev–Trinajstić information content (AvgIpc) is 3.41. The molecular weight excluding hydrogens is 526 g/mol. The van der Waals surface area contributed by atoms with Crippen molar-refractivity contribution < 1.29 is 19.1 Å². The first-order valence-electron chi connectivity index (χ1n) is 12.9. The van der Waals surface area contributed by atoms with E-state index >= 15 is 0 Å². The number of aryl methyl sites for hydroxylation is 1. The van der Waals surface area contributed by atoms with E-state index in [0.717, 1.165) is 28.2 Å². The molecule has 2 aromatic heterocycles. The molecule has 0 saturated carbocycles. The van der Waals surface area contributed by atoms with Crippen LogP contribution in [0.25, 0.3) is 11.8 Å². The maximum atomic E-state index is 13.9. The fourth-order valence-electron chi connectivity index (χ4n) is 5.10. The second-order valence-corrected chi connectivity index (χ2v) is 10.4. The fraction of sp³-hybridized carbons (Fsp3) is 0.226. The lowest BCUT2D eigenvalue weighted by atomic mass is 9.96. The number of hydrogen-bond acceptors (Lipinski definition) is 7. The van der Waals surface area contributed by atoms with Crippen LogP contribution >= 0.6 is 11.3 Å². The minimum absolute atomic E-state index is 0.222. The van der Waals surface area contributed by atoms with Crippen molar-refractivity contribution in [3.05, 3.63) is 120 Å². The predicted octanol–water partition coefficient (Wildman–Crippen LogP) is 3.99. The van der Waals surface area contributed by atoms with Crippen molar-refractivity contribution in [2.75, 3.05) is 13.7 Å². The van der Waals surface area contributed by atoms with Crippen molar-refractivity contribution in [3.8, 4) is 5.69 Å². The van der Waals surface area contributed by atoms with Gasteiger partial charge in [0.05, 0.1) is 41.1 Å². The molecule has 0 bridgehead atoms. The van der Waals surface area contributed by atoms with E-state index in [2.05, 4.69) is 4.99 Å². The summed E-state index contributed by atoms with van der Waals surface area (Å²) in [6.45, 7) is 7.69. The van der Waals surface area contributed by atoms with Gasteiger partial charge in [0, 0.05) is 17.1 Å². The molecule has 5 rings (SSSR count). The third kappa shape index (κ3) is 4.73. The third-order valence-electron chi connectivity index (χ3n) is 6.91. The highest BCUT2D eigenvalue weighted by atomic mass is 32.1. The van der Waals surface area contributed by atoms with Gasteiger partial charge in [-0.3, -0.25) is 9.36 Å². The largest absolute Gasteiger partial charge is 0.465 e. The summed E-state index contributed by atoms with van der Waals surface area (Å²) in [5.41, 5.74) is 5.45. The molecule has 1 aliphatic heterocycles. The molecule has 0 fully saturated rings. The van der Waals surface area contributed by atoms with Crippen LogP contribution in [-0.2, 0) is 14.3 Å². The van der Waals surface area contributed by atoms with Crippen LogP contribution in [0.1, 0.15) is 52.8 Å². The lowest BCUT2D eigenvalue weighted by Gasteiger charge is -2.24. The first-order chi connectivity index (χ1) is 19.2. The van der Waals surface area contributed by atoms with E-state index < -0.39 is 18.0 Å². The minimum Gasteiger partial charge on any atom is -0.465 e. The van der Waals surface area contributed by atoms with E-state index in [1.165, 1.54) is 18.4 Å². The highest BCUT2D eigenvalue weighted by molar-refractivity contribution is 7.07. The summed E-state index contributed by atoms with van der Waals surface area (Å²) in [4.78, 5) is 44.2. The van der Waals surface area contributed by atoms with Crippen molar-refractivity contribution in [1.82, 2.24) is 9.13 Å². The Morgan fingerprint density at radius 3 is 2.48 bits per heavy atom. The number of rotatable bonds is 6. The topological polar surface area (TPSA) is 91.9 Å². The third-order valence-corrected chi connectivity index (χ3v) is 7.90. The summed E-state index contributed by atoms with van der Waals surface area (Å²) in [5.74, 6) is -0.888. The molecule has 1 atom stereocenters. The Kier molecular flexibility index (Phi) is 7.40. The molecule has 8 nitrogen and oxygen atoms in total. The molecule has 204 valence electrons. The molecule has 1 aliphatic rings. The highest BCUT2D eigenvalue weighted by Gasteiger charge is 2.33. The molecule has 0 unspecified atom stereocenters. The van der Waals surface area contributed by atoms with Gasteiger partial charge < -0.3 is 14.0 Å². The van der Waals surface area contributed by atoms with Crippen LogP contribution in [0.4, 0.5) is 0 Å². The zero-order valence-electron chi connectivity index (χ0n) is 22.9. The molecule has 0 radical (unpaired) electrons. The Morgan fingerprint density at radius 1 is 1.02 bits per heavy atom. The van der Waals surface area contributed by atoms with Gasteiger partial charge in [-0.1, -0.05) is 47.7 Å². The molecule has 3 heterocycles. The number of allylic oxidation sites excluding steroid dienone is 1. The monoisotopic (exact) mass is 555 g/mol. The Hall–Kier alpha value is -4.50. The lowest BCUT2D eigenvalue weighted by Crippen LogP contribution is -2.39. The van der Waals surface area contributed by atoms with Crippen LogP contribution in [0, 0.1) is 13.8 Å². The number of methoxy groups -OCH3 is 1. The second kappa shape index (κ2) is 10.9. The van der Waals surface area contributed by atoms with E-state index in [-0.39, 0.29) is 12.2 Å². The van der Waals surface area contributed by atoms with Crippen LogP contribution in [0.15, 0.2) is 81.7 Å². The van der Waals surface area contributed by atoms with E-state index in [9.17, 15) is 14.4 Å². The maximum Gasteiger partial charge on any atom is 0.338 e. The number of fused-ring (bicyclic) bond motifs is 1. The number of esters is 2. The smallest absolute Gasteiger partial charge is 0.338 e. The Balaban J connectivity index is 1.66. The summed E-state index contributed by atoms with van der Waals surface area (Å²) in [7, 11) is 1.36. The Labute approximate surface area is 235 Å². The first-order valence-corrected chi connectivity index (χ1v) is 13.7. The SMILES string of the molecule is CCOC(=O)C1=C(C)N=c2s/c(=C/c3cc(C)n(-c4cccc(C(=O)OC)c4)c3C)c(=O)n2[C@@H]1c1ccccc1. The van der Waals surface area contributed by atoms with Gasteiger partial charge in [-0.15, -0.1) is 0 Å². The van der Waals surface area contributed by atoms with Gasteiger partial charge in [0.15, 0.2) is 4.80 Å². The number of hydrogen-bond donors (Lipinski definition) is 0. The molecule has 2 aromatic carbocycles. The highest BCUT2D eigenvalue weighted by Crippen LogP contribution is 2.30. The molecule has 40 heavy (non-hydrogen) atoms. The van der Waals surface area contributed by atoms with Crippen LogP contribution < -0.4 is 14.9 Å². The first kappa shape index (κ1) is 27.1. The molecular formula is C31H29N3O5S. The average molecular weight is 556 g/mol. The molecule has 0 N–H and O–H groups in total. The quantitative estimate of drug-likeness (QED) is 0.336. The lowest BCUT2D eigenvalue weighted by molar-refractivity contribution is -0.139. The molecule has 4 aromatic rings. The molecule has 0 spiro atoms. The molecule has 0 aliphatic carbocycles. The standard InChI is InChI=1S/C31H29N3O5S/c1-6-39-30(37)26-19(3)32-31-34(27(26)21-11-8-7-9-12-21)28(35)25(40-31)17-23-15-18(2)33(20(23)4)24-14-10-13-22(16-24)29(36)38-5/h7-17,27H,6H2,1-5H3/b25-17+/t27-/m1/s1. The van der Waals surface area contributed by atoms with E-state index in [0.29, 0.717) is 26.2 Å². The van der Waals surface area contributed by atoms with Crippen molar-refractivity contribution in [2.45, 2.75) is 33.7 Å². The predicted molar refractivity (Wildman–Crippen MR) is 153 cm³/mol. The summed E-state index contributed by atoms with van der Waals surface area (Å²) in [6, 6.07) is 18.0. The van der Waals surface area contributed by atoms with E-state index in [1.807, 2.05) is 73.0 Å². The van der Waals surface area contributed by atoms with Crippen molar-refractivity contribution >= 4 is 29.4 Å². The van der Waals surface area contributed by atoms with Gasteiger partial charge in [-0.05, 0) is 69.2 Å². The second-order valence-electron chi connectivity index (χ2n) is 9.42. The molecule has 0 amide bonds. The molecule has 0 saturated heterocycles. The number of thiazole rings is 1. The number of aromatic nitrogens is 2. The number of carbonyl (C=O) groups excluding carboxylic acids is 2. The van der Waals surface area contributed by atoms with Gasteiger partial charge in [0.1, 0.15) is 0 Å². The van der Waals surface area contributed by atoms with E-state index in [1.54, 1.807) is 30.5 Å². The molecule has 9 heteroatoms. The van der Waals surface area contributed by atoms with E-state index in [4.69, 9.17) is 9.47 Å². The summed E-state index contributed by atoms with van der Waals surface area (Å²) in [6.07, 6.45) is 1.86. The summed E-state index contributed by atoms with van der Waals surface area (Å²) >= 11 is 1.29. The number of benzene rings is 2. The van der Waals surface area contributed by atoms with Crippen molar-refractivity contribution in [2.24, 2.45) is 4.99 Å². The van der Waals surface area contributed by atoms with Gasteiger partial charge in [0.25, 0.3) is 5.56 Å². The van der Waals surface area contributed by atoms with Crippen molar-refractivity contribution in [3.63, 3.8) is 0 Å². The number of carbonyl (C=O) groups is 2. The van der Waals surface area contributed by atoms with Gasteiger partial charge in [-0.2, -0.15) is 0 Å². The van der Waals surface area contributed by atoms with Gasteiger partial charge in [0.2, 0.25) is 0 Å². The zero-order chi connectivity index (χ0) is 28.6. The minimum atomic E-state index is -0.646. The maximum absolute atomic E-state index is 13.9. The van der Waals surface area contributed by atoms with Crippen LogP contribution in [-0.4, -0.2) is 34.8 Å². The van der Waals surface area contributed by atoms with Crippen LogP contribution in [0.5, 0.6) is 0 Å². The summed E-state index contributed by atoms with van der Waals surface area (Å²) in [5, 5.41) is 0. The normalized spacial score (nSPS) is 15.0. The van der Waals surface area contributed by atoms with Crippen LogP contribution in [0.2, 0.25) is 0 Å². The number of nitrogens with zero attached hydrogens (tertiary/aromatic N) is 3. The van der Waals surface area contributed by atoms with Gasteiger partial charge >= 0.3 is 11.9 Å². The van der Waals surface area contributed by atoms with Crippen molar-refractivity contribution in [1.29, 1.82) is 0 Å². The summed E-state index contributed by atoms with van der Waals surface area (Å²) < 4.78 is 14.4. The fourth-order valence-corrected chi connectivity index (χ4v) is 6.14. The van der Waals surface area contributed by atoms with Gasteiger partial charge in [-0.25, -0.2) is 14.6 Å². The number of ether oxygens (including phenoxy) is 2.